The Morgan fingerprint density at radius 2 is 2.19 bits per heavy atom. The summed E-state index contributed by atoms with van der Waals surface area (Å²) in [5.74, 6) is 0.429. The third-order valence-corrected chi connectivity index (χ3v) is 3.81. The molecule has 0 saturated carbocycles. The lowest BCUT2D eigenvalue weighted by atomic mass is 10.0. The molecule has 4 nitrogen and oxygen atoms in total. The first kappa shape index (κ1) is 15.6. The second kappa shape index (κ2) is 7.84. The van der Waals surface area contributed by atoms with E-state index in [4.69, 9.17) is 0 Å². The van der Waals surface area contributed by atoms with Gasteiger partial charge in [-0.2, -0.15) is 0 Å². The third kappa shape index (κ3) is 5.23. The SMILES string of the molecule is CC=CCC(=O)NC1CCN(Cc2cccc(O)c2)CC1. The number of amides is 1. The molecule has 2 N–H and O–H groups in total. The molecule has 0 radical (unpaired) electrons. The lowest BCUT2D eigenvalue weighted by molar-refractivity contribution is -0.121. The molecule has 114 valence electrons. The van der Waals surface area contributed by atoms with Crippen molar-refractivity contribution in [1.29, 1.82) is 0 Å². The van der Waals surface area contributed by atoms with Crippen LogP contribution in [0.15, 0.2) is 36.4 Å². The number of nitrogens with one attached hydrogen (secondary N) is 1. The van der Waals surface area contributed by atoms with Crippen molar-refractivity contribution < 1.29 is 9.90 Å². The molecule has 21 heavy (non-hydrogen) atoms. The number of hydrogen-bond acceptors (Lipinski definition) is 3. The number of likely N-dealkylation sites (tertiary alicyclic amines) is 1. The number of aromatic hydroxyl groups is 1. The van der Waals surface area contributed by atoms with E-state index in [-0.39, 0.29) is 5.91 Å². The van der Waals surface area contributed by atoms with E-state index in [1.807, 2.05) is 37.3 Å². The second-order valence-corrected chi connectivity index (χ2v) is 5.56. The van der Waals surface area contributed by atoms with Crippen molar-refractivity contribution in [3.63, 3.8) is 0 Å². The Morgan fingerprint density at radius 1 is 1.43 bits per heavy atom. The van der Waals surface area contributed by atoms with Gasteiger partial charge in [0.1, 0.15) is 5.75 Å². The fourth-order valence-electron chi connectivity index (χ4n) is 2.66. The molecule has 0 spiro atoms. The van der Waals surface area contributed by atoms with E-state index >= 15 is 0 Å². The molecule has 1 fully saturated rings. The summed E-state index contributed by atoms with van der Waals surface area (Å²) in [5.41, 5.74) is 1.13. The van der Waals surface area contributed by atoms with Gasteiger partial charge in [0.15, 0.2) is 0 Å². The van der Waals surface area contributed by atoms with Crippen molar-refractivity contribution in [2.75, 3.05) is 13.1 Å². The van der Waals surface area contributed by atoms with Crippen LogP contribution in [0.2, 0.25) is 0 Å². The van der Waals surface area contributed by atoms with Crippen LogP contribution in [0.3, 0.4) is 0 Å². The molecule has 1 saturated heterocycles. The summed E-state index contributed by atoms with van der Waals surface area (Å²) in [4.78, 5) is 14.0. The zero-order valence-electron chi connectivity index (χ0n) is 12.6. The zero-order valence-corrected chi connectivity index (χ0v) is 12.6. The zero-order chi connectivity index (χ0) is 15.1. The van der Waals surface area contributed by atoms with Crippen LogP contribution < -0.4 is 5.32 Å². The average Bonchev–Trinajstić information content (AvgIpc) is 2.47. The van der Waals surface area contributed by atoms with Crippen molar-refractivity contribution in [2.45, 2.75) is 38.8 Å². The number of nitrogens with zero attached hydrogens (tertiary/aromatic N) is 1. The van der Waals surface area contributed by atoms with Crippen LogP contribution in [0.4, 0.5) is 0 Å². The molecular weight excluding hydrogens is 264 g/mol. The van der Waals surface area contributed by atoms with Crippen LogP contribution in [-0.4, -0.2) is 35.0 Å². The molecule has 1 aliphatic heterocycles. The first-order valence-electron chi connectivity index (χ1n) is 7.58. The first-order chi connectivity index (χ1) is 10.2. The Labute approximate surface area is 126 Å². The first-order valence-corrected chi connectivity index (χ1v) is 7.58. The second-order valence-electron chi connectivity index (χ2n) is 5.56. The van der Waals surface area contributed by atoms with Crippen LogP contribution in [0.25, 0.3) is 0 Å². The highest BCUT2D eigenvalue weighted by Gasteiger charge is 2.20. The molecule has 1 amide bonds. The largest absolute Gasteiger partial charge is 0.508 e. The minimum atomic E-state index is 0.111. The third-order valence-electron chi connectivity index (χ3n) is 3.81. The number of rotatable bonds is 5. The Balaban J connectivity index is 1.74. The highest BCUT2D eigenvalue weighted by molar-refractivity contribution is 5.77. The van der Waals surface area contributed by atoms with Crippen LogP contribution in [0, 0.1) is 0 Å². The fourth-order valence-corrected chi connectivity index (χ4v) is 2.66. The molecule has 0 bridgehead atoms. The molecule has 1 aromatic rings. The predicted molar refractivity (Wildman–Crippen MR) is 84.0 cm³/mol. The fraction of sp³-hybridized carbons (Fsp3) is 0.471. The van der Waals surface area contributed by atoms with Gasteiger partial charge in [0.05, 0.1) is 0 Å². The van der Waals surface area contributed by atoms with E-state index in [0.717, 1.165) is 38.0 Å². The number of allylic oxidation sites excluding steroid dienone is 1. The van der Waals surface area contributed by atoms with Gasteiger partial charge in [-0.25, -0.2) is 0 Å². The number of hydrogen-bond donors (Lipinski definition) is 2. The van der Waals surface area contributed by atoms with Gasteiger partial charge in [0, 0.05) is 32.1 Å². The smallest absolute Gasteiger partial charge is 0.224 e. The minimum Gasteiger partial charge on any atom is -0.508 e. The standard InChI is InChI=1S/C17H24N2O2/c1-2-3-7-17(21)18-15-8-10-19(11-9-15)13-14-5-4-6-16(20)12-14/h2-6,12,15,20H,7-11,13H2,1H3,(H,18,21). The maximum atomic E-state index is 11.7. The lowest BCUT2D eigenvalue weighted by Gasteiger charge is -2.32. The van der Waals surface area contributed by atoms with E-state index in [1.165, 1.54) is 0 Å². The highest BCUT2D eigenvalue weighted by atomic mass is 16.3. The van der Waals surface area contributed by atoms with E-state index in [9.17, 15) is 9.90 Å². The maximum Gasteiger partial charge on any atom is 0.224 e. The van der Waals surface area contributed by atoms with Gasteiger partial charge in [-0.05, 0) is 37.5 Å². The summed E-state index contributed by atoms with van der Waals surface area (Å²) >= 11 is 0. The van der Waals surface area contributed by atoms with E-state index in [0.29, 0.717) is 18.2 Å². The Bertz CT molecular complexity index is 491. The lowest BCUT2D eigenvalue weighted by Crippen LogP contribution is -2.44. The van der Waals surface area contributed by atoms with E-state index in [1.54, 1.807) is 6.07 Å². The van der Waals surface area contributed by atoms with Crippen LogP contribution in [-0.2, 0) is 11.3 Å². The van der Waals surface area contributed by atoms with E-state index in [2.05, 4.69) is 10.2 Å². The van der Waals surface area contributed by atoms with Crippen molar-refractivity contribution in [3.8, 4) is 5.75 Å². The van der Waals surface area contributed by atoms with Crippen LogP contribution in [0.5, 0.6) is 5.75 Å². The summed E-state index contributed by atoms with van der Waals surface area (Å²) in [5, 5.41) is 12.6. The normalized spacial score (nSPS) is 17.2. The van der Waals surface area contributed by atoms with Gasteiger partial charge >= 0.3 is 0 Å². The van der Waals surface area contributed by atoms with Crippen molar-refractivity contribution in [2.24, 2.45) is 0 Å². The minimum absolute atomic E-state index is 0.111. The van der Waals surface area contributed by atoms with Crippen molar-refractivity contribution >= 4 is 5.91 Å². The molecule has 0 aliphatic carbocycles. The van der Waals surface area contributed by atoms with E-state index < -0.39 is 0 Å². The quantitative estimate of drug-likeness (QED) is 0.818. The number of carbonyl (C=O) groups is 1. The molecule has 1 heterocycles. The number of phenols is 1. The summed E-state index contributed by atoms with van der Waals surface area (Å²) in [6.45, 7) is 4.73. The number of benzene rings is 1. The molecule has 4 heteroatoms. The van der Waals surface area contributed by atoms with Crippen molar-refractivity contribution in [3.05, 3.63) is 42.0 Å². The molecule has 2 rings (SSSR count). The summed E-state index contributed by atoms with van der Waals surface area (Å²) in [6, 6.07) is 7.70. The number of phenolic OH excluding ortho intramolecular Hbond substituents is 1. The predicted octanol–water partition coefficient (Wildman–Crippen LogP) is 2.44. The Morgan fingerprint density at radius 3 is 2.86 bits per heavy atom. The molecule has 0 aromatic heterocycles. The molecular formula is C17H24N2O2. The summed E-state index contributed by atoms with van der Waals surface area (Å²) in [6.07, 6.45) is 6.23. The van der Waals surface area contributed by atoms with Gasteiger partial charge in [0.2, 0.25) is 5.91 Å². The monoisotopic (exact) mass is 288 g/mol. The summed E-state index contributed by atoms with van der Waals surface area (Å²) < 4.78 is 0. The van der Waals surface area contributed by atoms with Gasteiger partial charge < -0.3 is 10.4 Å². The number of carbonyl (C=O) groups excluding carboxylic acids is 1. The van der Waals surface area contributed by atoms with Crippen LogP contribution >= 0.6 is 0 Å². The van der Waals surface area contributed by atoms with Gasteiger partial charge in [-0.3, -0.25) is 9.69 Å². The molecule has 0 unspecified atom stereocenters. The topological polar surface area (TPSA) is 52.6 Å². The summed E-state index contributed by atoms with van der Waals surface area (Å²) in [7, 11) is 0. The van der Waals surface area contributed by atoms with Gasteiger partial charge in [-0.1, -0.05) is 24.3 Å². The van der Waals surface area contributed by atoms with Gasteiger partial charge in [0.25, 0.3) is 0 Å². The Hall–Kier alpha value is -1.81. The van der Waals surface area contributed by atoms with Crippen molar-refractivity contribution in [1.82, 2.24) is 10.2 Å². The number of piperidine rings is 1. The molecule has 1 aromatic carbocycles. The molecule has 1 aliphatic rings. The van der Waals surface area contributed by atoms with Gasteiger partial charge in [-0.15, -0.1) is 0 Å². The Kier molecular flexibility index (Phi) is 5.81. The molecule has 0 atom stereocenters. The van der Waals surface area contributed by atoms with Crippen LogP contribution in [0.1, 0.15) is 31.7 Å². The average molecular weight is 288 g/mol. The highest BCUT2D eigenvalue weighted by Crippen LogP contribution is 2.17. The maximum absolute atomic E-state index is 11.7.